The minimum atomic E-state index is -0.623. The Morgan fingerprint density at radius 2 is 1.79 bits per heavy atom. The summed E-state index contributed by atoms with van der Waals surface area (Å²) in [6, 6.07) is 0. The Balaban J connectivity index is 1.55. The summed E-state index contributed by atoms with van der Waals surface area (Å²) in [5.41, 5.74) is -0.623. The van der Waals surface area contributed by atoms with Crippen LogP contribution in [0.15, 0.2) is 17.1 Å². The maximum atomic E-state index is 12.7. The van der Waals surface area contributed by atoms with E-state index < -0.39 is 5.41 Å². The third-order valence-corrected chi connectivity index (χ3v) is 6.01. The molecule has 3 amide bonds. The molecule has 0 spiro atoms. The Morgan fingerprint density at radius 1 is 1.18 bits per heavy atom. The molecule has 3 rings (SSSR count). The Bertz CT molecular complexity index is 685. The fourth-order valence-electron chi connectivity index (χ4n) is 4.50. The van der Waals surface area contributed by atoms with Crippen molar-refractivity contribution in [3.63, 3.8) is 0 Å². The third kappa shape index (κ3) is 3.64. The first-order valence-electron chi connectivity index (χ1n) is 10.1. The van der Waals surface area contributed by atoms with Crippen LogP contribution in [0.3, 0.4) is 0 Å². The van der Waals surface area contributed by atoms with E-state index in [-0.39, 0.29) is 41.4 Å². The number of guanidine groups is 1. The largest absolute Gasteiger partial charge is 0.359 e. The Kier molecular flexibility index (Phi) is 5.76. The van der Waals surface area contributed by atoms with Crippen LogP contribution in [-0.4, -0.2) is 61.8 Å². The minimum Gasteiger partial charge on any atom is -0.359 e. The summed E-state index contributed by atoms with van der Waals surface area (Å²) in [6.07, 6.45) is 5.14. The normalized spacial score (nSPS) is 28.7. The highest BCUT2D eigenvalue weighted by molar-refractivity contribution is 6.06. The Labute approximate surface area is 166 Å². The molecule has 3 aliphatic rings. The molecule has 1 aliphatic heterocycles. The van der Waals surface area contributed by atoms with Gasteiger partial charge < -0.3 is 16.0 Å². The van der Waals surface area contributed by atoms with Gasteiger partial charge in [-0.25, -0.2) is 0 Å². The predicted molar refractivity (Wildman–Crippen MR) is 106 cm³/mol. The van der Waals surface area contributed by atoms with Gasteiger partial charge in [0, 0.05) is 26.7 Å². The van der Waals surface area contributed by atoms with Crippen LogP contribution < -0.4 is 16.0 Å². The van der Waals surface area contributed by atoms with Crippen LogP contribution >= 0.6 is 0 Å². The molecule has 0 aromatic heterocycles. The highest BCUT2D eigenvalue weighted by Crippen LogP contribution is 2.52. The molecule has 8 heteroatoms. The average Bonchev–Trinajstić information content (AvgIpc) is 3.34. The van der Waals surface area contributed by atoms with E-state index in [1.165, 1.54) is 4.90 Å². The number of carbonyl (C=O) groups is 3. The van der Waals surface area contributed by atoms with Gasteiger partial charge in [0.1, 0.15) is 0 Å². The number of rotatable bonds is 7. The first-order chi connectivity index (χ1) is 13.3. The molecule has 1 heterocycles. The number of fused-ring (bicyclic) bond motifs is 5. The third-order valence-electron chi connectivity index (χ3n) is 6.01. The van der Waals surface area contributed by atoms with Crippen molar-refractivity contribution in [2.75, 3.05) is 33.2 Å². The summed E-state index contributed by atoms with van der Waals surface area (Å²) in [7, 11) is 1.61. The number of nitrogens with one attached hydrogen (secondary N) is 3. The SMILES string of the molecule is CCNC(=NCC(C)(C)C(=O)NC)NCCN1C(=O)C2C3C=CC(C3)C2C1=O. The van der Waals surface area contributed by atoms with Crippen LogP contribution in [0.5, 0.6) is 0 Å². The van der Waals surface area contributed by atoms with Crippen molar-refractivity contribution in [3.8, 4) is 0 Å². The number of imide groups is 1. The number of hydrogen-bond acceptors (Lipinski definition) is 4. The lowest BCUT2D eigenvalue weighted by atomic mass is 9.85. The molecule has 1 saturated carbocycles. The fraction of sp³-hybridized carbons (Fsp3) is 0.700. The van der Waals surface area contributed by atoms with Crippen LogP contribution in [0.2, 0.25) is 0 Å². The van der Waals surface area contributed by atoms with E-state index in [9.17, 15) is 14.4 Å². The molecule has 1 saturated heterocycles. The monoisotopic (exact) mass is 389 g/mol. The fourth-order valence-corrected chi connectivity index (χ4v) is 4.50. The molecule has 154 valence electrons. The van der Waals surface area contributed by atoms with Gasteiger partial charge in [-0.05, 0) is 39.0 Å². The summed E-state index contributed by atoms with van der Waals surface area (Å²) < 4.78 is 0. The lowest BCUT2D eigenvalue weighted by Gasteiger charge is -2.22. The molecule has 2 bridgehead atoms. The molecular weight excluding hydrogens is 358 g/mol. The van der Waals surface area contributed by atoms with Crippen LogP contribution in [-0.2, 0) is 14.4 Å². The van der Waals surface area contributed by atoms with Gasteiger partial charge in [0.15, 0.2) is 5.96 Å². The van der Waals surface area contributed by atoms with Crippen molar-refractivity contribution >= 4 is 23.7 Å². The van der Waals surface area contributed by atoms with Crippen molar-refractivity contribution in [1.29, 1.82) is 0 Å². The minimum absolute atomic E-state index is 0.0312. The topological polar surface area (TPSA) is 103 Å². The van der Waals surface area contributed by atoms with E-state index >= 15 is 0 Å². The first kappa shape index (κ1) is 20.4. The number of allylic oxidation sites excluding steroid dienone is 2. The second kappa shape index (κ2) is 7.93. The molecule has 0 radical (unpaired) electrons. The first-order valence-corrected chi connectivity index (χ1v) is 10.1. The van der Waals surface area contributed by atoms with E-state index in [1.54, 1.807) is 7.05 Å². The number of nitrogens with zero attached hydrogens (tertiary/aromatic N) is 2. The number of carbonyl (C=O) groups excluding carboxylic acids is 3. The van der Waals surface area contributed by atoms with Gasteiger partial charge in [-0.1, -0.05) is 12.2 Å². The second-order valence-electron chi connectivity index (χ2n) is 8.41. The van der Waals surface area contributed by atoms with Gasteiger partial charge in [-0.15, -0.1) is 0 Å². The predicted octanol–water partition coefficient (Wildman–Crippen LogP) is 0.121. The lowest BCUT2D eigenvalue weighted by molar-refractivity contribution is -0.140. The number of aliphatic imine (C=N–C) groups is 1. The van der Waals surface area contributed by atoms with Crippen molar-refractivity contribution in [3.05, 3.63) is 12.2 Å². The van der Waals surface area contributed by atoms with E-state index in [2.05, 4.69) is 33.1 Å². The molecule has 0 aromatic rings. The number of hydrogen-bond donors (Lipinski definition) is 3. The van der Waals surface area contributed by atoms with Crippen LogP contribution in [0.1, 0.15) is 27.2 Å². The molecule has 2 aliphatic carbocycles. The second-order valence-corrected chi connectivity index (χ2v) is 8.41. The van der Waals surface area contributed by atoms with E-state index in [4.69, 9.17) is 0 Å². The van der Waals surface area contributed by atoms with Crippen LogP contribution in [0, 0.1) is 29.1 Å². The summed E-state index contributed by atoms with van der Waals surface area (Å²) in [5, 5.41) is 8.95. The zero-order valence-corrected chi connectivity index (χ0v) is 17.1. The summed E-state index contributed by atoms with van der Waals surface area (Å²) in [4.78, 5) is 43.2. The highest BCUT2D eigenvalue weighted by Gasteiger charge is 2.58. The van der Waals surface area contributed by atoms with E-state index in [1.807, 2.05) is 20.8 Å². The number of likely N-dealkylation sites (tertiary alicyclic amines) is 1. The molecule has 8 nitrogen and oxygen atoms in total. The maximum absolute atomic E-state index is 12.7. The van der Waals surface area contributed by atoms with Crippen molar-refractivity contribution < 1.29 is 14.4 Å². The summed E-state index contributed by atoms with van der Waals surface area (Å²) in [5.74, 6) is 0.587. The molecular formula is C20H31N5O3. The van der Waals surface area contributed by atoms with E-state index in [0.29, 0.717) is 32.1 Å². The van der Waals surface area contributed by atoms with Gasteiger partial charge in [-0.3, -0.25) is 24.3 Å². The van der Waals surface area contributed by atoms with Gasteiger partial charge in [-0.2, -0.15) is 0 Å². The Hall–Kier alpha value is -2.38. The summed E-state index contributed by atoms with van der Waals surface area (Å²) >= 11 is 0. The molecule has 4 atom stereocenters. The van der Waals surface area contributed by atoms with Crippen LogP contribution in [0.25, 0.3) is 0 Å². The standard InChI is InChI=1S/C20H31N5O3/c1-5-22-19(24-11-20(2,3)18(28)21-4)23-8-9-25-16(26)14-12-6-7-13(10-12)15(14)17(25)27/h6-7,12-15H,5,8-11H2,1-4H3,(H,21,28)(H2,22,23,24). The lowest BCUT2D eigenvalue weighted by Crippen LogP contribution is -2.44. The van der Waals surface area contributed by atoms with Gasteiger partial charge >= 0.3 is 0 Å². The molecule has 28 heavy (non-hydrogen) atoms. The zero-order chi connectivity index (χ0) is 20.5. The molecule has 2 fully saturated rings. The number of amides is 3. The smallest absolute Gasteiger partial charge is 0.233 e. The van der Waals surface area contributed by atoms with Crippen molar-refractivity contribution in [2.24, 2.45) is 34.1 Å². The van der Waals surface area contributed by atoms with Crippen molar-refractivity contribution in [1.82, 2.24) is 20.9 Å². The van der Waals surface area contributed by atoms with Crippen molar-refractivity contribution in [2.45, 2.75) is 27.2 Å². The van der Waals surface area contributed by atoms with Gasteiger partial charge in [0.05, 0.1) is 23.8 Å². The van der Waals surface area contributed by atoms with E-state index in [0.717, 1.165) is 6.42 Å². The van der Waals surface area contributed by atoms with Gasteiger partial charge in [0.25, 0.3) is 0 Å². The maximum Gasteiger partial charge on any atom is 0.233 e. The quantitative estimate of drug-likeness (QED) is 0.248. The van der Waals surface area contributed by atoms with Gasteiger partial charge in [0.2, 0.25) is 17.7 Å². The zero-order valence-electron chi connectivity index (χ0n) is 17.1. The molecule has 3 N–H and O–H groups in total. The Morgan fingerprint density at radius 3 is 2.32 bits per heavy atom. The molecule has 0 aromatic carbocycles. The molecule has 4 unspecified atom stereocenters. The van der Waals surface area contributed by atoms with Crippen LogP contribution in [0.4, 0.5) is 0 Å². The summed E-state index contributed by atoms with van der Waals surface area (Å²) in [6.45, 7) is 7.37. The highest BCUT2D eigenvalue weighted by atomic mass is 16.2. The average molecular weight is 390 g/mol.